The smallest absolute Gasteiger partial charge is 0.144 e. The Morgan fingerprint density at radius 3 is 0.737 bits per heavy atom. The van der Waals surface area contributed by atoms with Gasteiger partial charge in [0.25, 0.3) is 0 Å². The summed E-state index contributed by atoms with van der Waals surface area (Å²) < 4.78 is 0. The molecule has 16 atom stereocenters. The number of aryl methyl sites for hydroxylation is 1. The highest BCUT2D eigenvalue weighted by atomic mass is 32.1. The molecule has 133 heavy (non-hydrogen) atoms. The number of carbonyl (C=O) groups is 4. The Hall–Kier alpha value is -5.48. The van der Waals surface area contributed by atoms with Crippen molar-refractivity contribution in [1.82, 2.24) is 0 Å². The van der Waals surface area contributed by atoms with Gasteiger partial charge >= 0.3 is 0 Å². The minimum absolute atomic E-state index is 0.0791. The Balaban J connectivity index is 0.000000247. The number of fused-ring (bicyclic) bond motifs is 6. The van der Waals surface area contributed by atoms with E-state index in [0.29, 0.717) is 70.5 Å². The Bertz CT molecular complexity index is 3820. The van der Waals surface area contributed by atoms with Gasteiger partial charge in [0.2, 0.25) is 0 Å². The molecule has 1 aromatic heterocycles. The van der Waals surface area contributed by atoms with Gasteiger partial charge in [-0.15, -0.1) is 11.3 Å². The van der Waals surface area contributed by atoms with Gasteiger partial charge in [-0.1, -0.05) is 447 Å². The Morgan fingerprint density at radius 1 is 0.293 bits per heavy atom. The molecule has 6 saturated carbocycles. The van der Waals surface area contributed by atoms with Crippen molar-refractivity contribution in [3.63, 3.8) is 0 Å². The summed E-state index contributed by atoms with van der Waals surface area (Å²) in [4.78, 5) is 58.1. The van der Waals surface area contributed by atoms with Crippen molar-refractivity contribution in [2.24, 2.45) is 88.8 Å². The third kappa shape index (κ3) is 34.2. The highest BCUT2D eigenvalue weighted by molar-refractivity contribution is 7.12. The lowest BCUT2D eigenvalue weighted by atomic mass is 9.56. The number of benzene rings is 1. The normalized spacial score (nSPS) is 24.1. The van der Waals surface area contributed by atoms with Crippen LogP contribution < -0.4 is 0 Å². The average molecular weight is 1840 g/mol. The molecule has 8 aliphatic carbocycles. The Kier molecular flexibility index (Phi) is 54.9. The van der Waals surface area contributed by atoms with E-state index < -0.39 is 0 Å². The second-order valence-corrected chi connectivity index (χ2v) is 45.9. The number of hydrogen-bond donors (Lipinski definition) is 0. The zero-order valence-corrected chi connectivity index (χ0v) is 88.7. The third-order valence-electron chi connectivity index (χ3n) is 34.4. The number of thiophene rings is 1. The van der Waals surface area contributed by atoms with Crippen molar-refractivity contribution in [3.05, 3.63) is 77.6 Å². The maximum absolute atomic E-state index is 14.4. The van der Waals surface area contributed by atoms with Gasteiger partial charge in [-0.05, 0) is 202 Å². The van der Waals surface area contributed by atoms with Crippen molar-refractivity contribution < 1.29 is 19.2 Å². The number of nitriles is 4. The molecule has 0 saturated heterocycles. The molecule has 0 spiro atoms. The molecule has 0 amide bonds. The van der Waals surface area contributed by atoms with Crippen LogP contribution in [-0.2, 0) is 32.0 Å². The second-order valence-electron chi connectivity index (χ2n) is 44.6. The van der Waals surface area contributed by atoms with Gasteiger partial charge in [-0.3, -0.25) is 19.2 Å². The predicted molar refractivity (Wildman–Crippen MR) is 567 cm³/mol. The summed E-state index contributed by atoms with van der Waals surface area (Å²) in [6.45, 7) is 26.5. The molecule has 0 radical (unpaired) electrons. The minimum atomic E-state index is 0.0791. The molecule has 1 heterocycles. The van der Waals surface area contributed by atoms with Crippen molar-refractivity contribution in [2.45, 2.75) is 538 Å². The number of rotatable bonds is 67. The molecule has 6 fully saturated rings. The van der Waals surface area contributed by atoms with Crippen LogP contribution in [0.5, 0.6) is 0 Å². The maximum Gasteiger partial charge on any atom is 0.144 e. The van der Waals surface area contributed by atoms with Crippen molar-refractivity contribution in [3.8, 4) is 24.3 Å². The first-order valence-corrected chi connectivity index (χ1v) is 58.7. The first kappa shape index (κ1) is 113. The second kappa shape index (κ2) is 64.7. The number of unbranched alkanes of at least 4 members (excludes halogenated alkanes) is 54. The lowest BCUT2D eigenvalue weighted by Gasteiger charge is -2.46. The molecule has 742 valence electrons. The van der Waals surface area contributed by atoms with E-state index in [2.05, 4.69) is 118 Å². The van der Waals surface area contributed by atoms with Crippen molar-refractivity contribution >= 4 is 57.8 Å². The number of Topliss-reactive ketones (excluding diaryl/α,β-unsaturated/α-hetero) is 4. The molecule has 1 aromatic carbocycles. The molecule has 2 aromatic rings. The summed E-state index contributed by atoms with van der Waals surface area (Å²) in [5.41, 5.74) is 10.4. The molecule has 8 aliphatic rings. The van der Waals surface area contributed by atoms with E-state index in [1.165, 1.54) is 406 Å². The minimum Gasteiger partial charge on any atom is -0.299 e. The third-order valence-corrected chi connectivity index (χ3v) is 35.5. The van der Waals surface area contributed by atoms with E-state index in [4.69, 9.17) is 0 Å². The first-order valence-electron chi connectivity index (χ1n) is 57.9. The highest BCUT2D eigenvalue weighted by Gasteiger charge is 2.63. The fourth-order valence-corrected chi connectivity index (χ4v) is 28.3. The fourth-order valence-electron chi connectivity index (χ4n) is 27.3. The highest BCUT2D eigenvalue weighted by Crippen LogP contribution is 2.64. The van der Waals surface area contributed by atoms with Gasteiger partial charge in [0, 0.05) is 62.3 Å². The van der Waals surface area contributed by atoms with Gasteiger partial charge in [-0.2, -0.15) is 21.0 Å². The van der Waals surface area contributed by atoms with Gasteiger partial charge < -0.3 is 0 Å². The maximum atomic E-state index is 14.4. The summed E-state index contributed by atoms with van der Waals surface area (Å²) in [6, 6.07) is 13.2. The zero-order chi connectivity index (χ0) is 95.5. The standard InChI is InChI=1S/C44H58N4.C42H70O2S.C38H68O2/c1-5-7-9-11-13-15-17-19-21-23-25-37-39-27-33(3)42(36(31-47)32-48)44(39)38(26-24-22-20-18-16-14-12-10-8-6-2)40-28-34(4)41(43(37)40)35(29-45)30-46;1-5-7-9-11-13-15-17-19-21-23-25-33-35-29-31(3)41(43)39(35)34(26-24-22-20-18-16-14-12-10-8-6-2)36-30-37(42(44)40(33)36)38-28-27-32(4)45-38;1-5-7-9-11-13-15-17-19-21-23-25-31-33-27-29(3)38(40)36(33)32(34-28-30(4)37(39)35(31)34)26-24-22-20-18-16-14-12-10-8-6-2/h27-28H,5-26H2,1-4H3;27-28,31,33-37,39-40H,5-26,29-30H2,1-4H3;29-36H,5-28H2,1-4H3. The first-order chi connectivity index (χ1) is 65.0. The zero-order valence-electron chi connectivity index (χ0n) is 87.9. The Labute approximate surface area is 821 Å². The quantitative estimate of drug-likeness (QED) is 0.0467. The molecule has 0 bridgehead atoms. The van der Waals surface area contributed by atoms with Crippen LogP contribution in [0.2, 0.25) is 0 Å². The van der Waals surface area contributed by atoms with E-state index in [0.717, 1.165) is 109 Å². The lowest BCUT2D eigenvalue weighted by Crippen LogP contribution is -2.46. The predicted octanol–water partition coefficient (Wildman–Crippen LogP) is 37.6. The average Bonchev–Trinajstić information content (AvgIpc) is 1.55. The number of hydrogen-bond acceptors (Lipinski definition) is 9. The summed E-state index contributed by atoms with van der Waals surface area (Å²) in [5.74, 6) is 7.61. The van der Waals surface area contributed by atoms with Crippen LogP contribution in [0.1, 0.15) is 562 Å². The SMILES string of the molecule is CCCCCCCCCCCCC1C2CC(C)C(=O)C2C(CCCCCCCCCCCC)C2CC(C)C(=O)C12.CCCCCCCCCCCCC1C2CC(c3ccc(C)s3)C(=O)C2C(CCCCCCCCCCCC)C2CC(C)C(=O)C21.CCCCCCCCCCCCc1c2c(c(CCCCCCCCCCCC)c3c1C(=C(C#N)C#N)C(C)=C3)C(=C(C#N)C#N)C(C)=C2. The van der Waals surface area contributed by atoms with Crippen LogP contribution in [-0.4, -0.2) is 23.1 Å². The van der Waals surface area contributed by atoms with Gasteiger partial charge in [0.15, 0.2) is 0 Å². The number of nitrogens with zero attached hydrogens (tertiary/aromatic N) is 4. The number of ketones is 4. The fraction of sp³-hybridized carbons (Fsp3) is 0.790. The summed E-state index contributed by atoms with van der Waals surface area (Å²) in [5, 5.41) is 40.1. The van der Waals surface area contributed by atoms with E-state index >= 15 is 0 Å². The van der Waals surface area contributed by atoms with Gasteiger partial charge in [0.05, 0.1) is 5.92 Å². The molecule has 9 heteroatoms. The van der Waals surface area contributed by atoms with Crippen LogP contribution in [0.4, 0.5) is 0 Å². The number of allylic oxidation sites excluding steroid dienone is 6. The molecular formula is C124H196N4O4S. The number of carbonyl (C=O) groups excluding carboxylic acids is 4. The van der Waals surface area contributed by atoms with Crippen LogP contribution in [0.25, 0.3) is 23.3 Å². The van der Waals surface area contributed by atoms with E-state index in [-0.39, 0.29) is 58.5 Å². The molecule has 0 aliphatic heterocycles. The topological polar surface area (TPSA) is 163 Å². The van der Waals surface area contributed by atoms with E-state index in [1.54, 1.807) is 0 Å². The lowest BCUT2D eigenvalue weighted by molar-refractivity contribution is -0.135. The monoisotopic (exact) mass is 1840 g/mol. The molecular weight excluding hydrogens is 1640 g/mol. The molecule has 8 nitrogen and oxygen atoms in total. The van der Waals surface area contributed by atoms with Crippen LogP contribution in [0.15, 0.2) is 34.4 Å². The molecule has 10 rings (SSSR count). The summed E-state index contributed by atoms with van der Waals surface area (Å²) in [6.07, 6.45) is 94.5. The van der Waals surface area contributed by atoms with Gasteiger partial charge in [-0.25, -0.2) is 0 Å². The van der Waals surface area contributed by atoms with Crippen LogP contribution in [0.3, 0.4) is 0 Å². The van der Waals surface area contributed by atoms with Crippen molar-refractivity contribution in [1.29, 1.82) is 21.0 Å². The van der Waals surface area contributed by atoms with Crippen molar-refractivity contribution in [2.75, 3.05) is 0 Å². The molecule has 0 N–H and O–H groups in total. The van der Waals surface area contributed by atoms with Crippen LogP contribution in [0, 0.1) is 141 Å². The van der Waals surface area contributed by atoms with E-state index in [1.807, 2.05) is 25.2 Å². The largest absolute Gasteiger partial charge is 0.299 e. The van der Waals surface area contributed by atoms with E-state index in [9.17, 15) is 40.2 Å². The summed E-state index contributed by atoms with van der Waals surface area (Å²) >= 11 is 1.84. The van der Waals surface area contributed by atoms with Crippen LogP contribution >= 0.6 is 11.3 Å². The van der Waals surface area contributed by atoms with Gasteiger partial charge in [0.1, 0.15) is 58.6 Å². The summed E-state index contributed by atoms with van der Waals surface area (Å²) in [7, 11) is 0. The molecule has 16 unspecified atom stereocenters. The Morgan fingerprint density at radius 2 is 0.511 bits per heavy atom.